The second kappa shape index (κ2) is 7.94. The highest BCUT2D eigenvalue weighted by molar-refractivity contribution is 6.00. The molecule has 1 N–H and O–H groups in total. The predicted octanol–water partition coefficient (Wildman–Crippen LogP) is 1.19. The molecule has 0 unspecified atom stereocenters. The Labute approximate surface area is 155 Å². The number of nitrogens with zero attached hydrogens (tertiary/aromatic N) is 3. The summed E-state index contributed by atoms with van der Waals surface area (Å²) in [4.78, 5) is 19.6. The predicted molar refractivity (Wildman–Crippen MR) is 101 cm³/mol. The second-order valence-corrected chi connectivity index (χ2v) is 7.56. The van der Waals surface area contributed by atoms with Crippen LogP contribution in [-0.4, -0.2) is 85.4 Å². The standard InChI is InChI=1S/C20H29N3O3/c24-19-15-23(14-18(19)22-10-5-12-26-13-11-22)20(25)16-6-1-2-7-17(16)21-8-3-4-9-21/h1-2,6-7,18-19,24H,3-5,8-15H2/t18-,19-/m0/s1. The molecule has 3 aliphatic heterocycles. The van der Waals surface area contributed by atoms with Crippen LogP contribution in [0.15, 0.2) is 24.3 Å². The van der Waals surface area contributed by atoms with Gasteiger partial charge < -0.3 is 19.6 Å². The smallest absolute Gasteiger partial charge is 0.256 e. The van der Waals surface area contributed by atoms with E-state index in [1.165, 1.54) is 12.8 Å². The Morgan fingerprint density at radius 1 is 1.00 bits per heavy atom. The number of anilines is 1. The van der Waals surface area contributed by atoms with Gasteiger partial charge in [-0.1, -0.05) is 12.1 Å². The van der Waals surface area contributed by atoms with Crippen LogP contribution in [-0.2, 0) is 4.74 Å². The molecule has 0 bridgehead atoms. The van der Waals surface area contributed by atoms with Gasteiger partial charge in [0.05, 0.1) is 24.3 Å². The Morgan fingerprint density at radius 2 is 1.81 bits per heavy atom. The summed E-state index contributed by atoms with van der Waals surface area (Å²) in [5.74, 6) is 0.0418. The first kappa shape index (κ1) is 17.8. The molecule has 6 heteroatoms. The van der Waals surface area contributed by atoms with Crippen LogP contribution >= 0.6 is 0 Å². The van der Waals surface area contributed by atoms with Gasteiger partial charge in [0, 0.05) is 51.6 Å². The average Bonchev–Trinajstić information content (AvgIpc) is 3.25. The maximum atomic E-state index is 13.2. The zero-order valence-corrected chi connectivity index (χ0v) is 15.3. The molecular weight excluding hydrogens is 330 g/mol. The molecule has 3 saturated heterocycles. The van der Waals surface area contributed by atoms with Crippen molar-refractivity contribution in [2.45, 2.75) is 31.4 Å². The number of carbonyl (C=O) groups excluding carboxylic acids is 1. The van der Waals surface area contributed by atoms with Gasteiger partial charge in [-0.2, -0.15) is 0 Å². The quantitative estimate of drug-likeness (QED) is 0.879. The van der Waals surface area contributed by atoms with Crippen molar-refractivity contribution in [1.29, 1.82) is 0 Å². The maximum Gasteiger partial charge on any atom is 0.256 e. The van der Waals surface area contributed by atoms with Crippen LogP contribution in [0.3, 0.4) is 0 Å². The summed E-state index contributed by atoms with van der Waals surface area (Å²) >= 11 is 0. The number of amides is 1. The highest BCUT2D eigenvalue weighted by Gasteiger charge is 2.38. The monoisotopic (exact) mass is 359 g/mol. The normalized spacial score (nSPS) is 27.7. The van der Waals surface area contributed by atoms with E-state index in [1.54, 1.807) is 0 Å². The number of likely N-dealkylation sites (tertiary alicyclic amines) is 1. The fraction of sp³-hybridized carbons (Fsp3) is 0.650. The number of β-amino-alcohol motifs (C(OH)–C–C–N with tert-alkyl or cyclic N) is 1. The lowest BCUT2D eigenvalue weighted by atomic mass is 10.1. The average molecular weight is 359 g/mol. The van der Waals surface area contributed by atoms with Gasteiger partial charge in [-0.15, -0.1) is 0 Å². The number of para-hydroxylation sites is 1. The molecule has 2 atom stereocenters. The molecule has 0 saturated carbocycles. The summed E-state index contributed by atoms with van der Waals surface area (Å²) < 4.78 is 5.53. The summed E-state index contributed by atoms with van der Waals surface area (Å²) in [6.07, 6.45) is 2.86. The van der Waals surface area contributed by atoms with Crippen LogP contribution in [0.2, 0.25) is 0 Å². The zero-order valence-electron chi connectivity index (χ0n) is 15.3. The molecule has 26 heavy (non-hydrogen) atoms. The molecule has 4 rings (SSSR count). The van der Waals surface area contributed by atoms with Crippen molar-refractivity contribution in [1.82, 2.24) is 9.80 Å². The molecule has 3 fully saturated rings. The van der Waals surface area contributed by atoms with Gasteiger partial charge in [0.1, 0.15) is 0 Å². The summed E-state index contributed by atoms with van der Waals surface area (Å²) in [7, 11) is 0. The summed E-state index contributed by atoms with van der Waals surface area (Å²) in [5.41, 5.74) is 1.80. The molecule has 1 amide bonds. The van der Waals surface area contributed by atoms with Crippen LogP contribution in [0.5, 0.6) is 0 Å². The minimum Gasteiger partial charge on any atom is -0.390 e. The molecule has 6 nitrogen and oxygen atoms in total. The number of hydrogen-bond acceptors (Lipinski definition) is 5. The summed E-state index contributed by atoms with van der Waals surface area (Å²) in [6.45, 7) is 6.28. The molecule has 1 aromatic rings. The lowest BCUT2D eigenvalue weighted by Gasteiger charge is -2.28. The fourth-order valence-electron chi connectivity index (χ4n) is 4.45. The van der Waals surface area contributed by atoms with Crippen molar-refractivity contribution >= 4 is 11.6 Å². The first-order valence-corrected chi connectivity index (χ1v) is 9.87. The van der Waals surface area contributed by atoms with Crippen molar-refractivity contribution < 1.29 is 14.6 Å². The zero-order chi connectivity index (χ0) is 17.9. The van der Waals surface area contributed by atoms with Gasteiger partial charge in [0.2, 0.25) is 0 Å². The molecule has 0 aliphatic carbocycles. The van der Waals surface area contributed by atoms with E-state index in [1.807, 2.05) is 23.1 Å². The highest BCUT2D eigenvalue weighted by Crippen LogP contribution is 2.27. The number of carbonyl (C=O) groups is 1. The van der Waals surface area contributed by atoms with Gasteiger partial charge in [-0.25, -0.2) is 0 Å². The van der Waals surface area contributed by atoms with Gasteiger partial charge >= 0.3 is 0 Å². The molecule has 3 heterocycles. The van der Waals surface area contributed by atoms with E-state index in [2.05, 4.69) is 15.9 Å². The number of aliphatic hydroxyl groups excluding tert-OH is 1. The van der Waals surface area contributed by atoms with E-state index >= 15 is 0 Å². The number of benzene rings is 1. The van der Waals surface area contributed by atoms with Gasteiger partial charge in [0.15, 0.2) is 0 Å². The van der Waals surface area contributed by atoms with Gasteiger partial charge in [-0.05, 0) is 31.4 Å². The Morgan fingerprint density at radius 3 is 2.65 bits per heavy atom. The first-order chi connectivity index (χ1) is 12.7. The summed E-state index contributed by atoms with van der Waals surface area (Å²) in [6, 6.07) is 7.93. The topological polar surface area (TPSA) is 56.2 Å². The minimum absolute atomic E-state index is 0.0135. The first-order valence-electron chi connectivity index (χ1n) is 9.87. The van der Waals surface area contributed by atoms with Crippen LogP contribution in [0.25, 0.3) is 0 Å². The van der Waals surface area contributed by atoms with Crippen molar-refractivity contribution in [3.8, 4) is 0 Å². The van der Waals surface area contributed by atoms with Crippen LogP contribution in [0, 0.1) is 0 Å². The Bertz CT molecular complexity index is 624. The Balaban J connectivity index is 1.49. The van der Waals surface area contributed by atoms with E-state index in [-0.39, 0.29) is 11.9 Å². The van der Waals surface area contributed by atoms with Crippen molar-refractivity contribution in [3.05, 3.63) is 29.8 Å². The van der Waals surface area contributed by atoms with Crippen LogP contribution in [0.4, 0.5) is 5.69 Å². The van der Waals surface area contributed by atoms with Crippen LogP contribution < -0.4 is 4.90 Å². The van der Waals surface area contributed by atoms with Gasteiger partial charge in [0.25, 0.3) is 5.91 Å². The number of hydrogen-bond donors (Lipinski definition) is 1. The number of ether oxygens (including phenoxy) is 1. The van der Waals surface area contributed by atoms with Crippen molar-refractivity contribution in [2.24, 2.45) is 0 Å². The molecule has 1 aromatic carbocycles. The molecule has 142 valence electrons. The van der Waals surface area contributed by atoms with E-state index in [0.717, 1.165) is 50.5 Å². The lowest BCUT2D eigenvalue weighted by molar-refractivity contribution is 0.0749. The maximum absolute atomic E-state index is 13.2. The largest absolute Gasteiger partial charge is 0.390 e. The highest BCUT2D eigenvalue weighted by atomic mass is 16.5. The molecule has 3 aliphatic rings. The van der Waals surface area contributed by atoms with E-state index < -0.39 is 6.10 Å². The SMILES string of the molecule is O=C(c1ccccc1N1CCCC1)N1C[C@H](O)[C@@H](N2CCCOCC2)C1. The van der Waals surface area contributed by atoms with E-state index in [0.29, 0.717) is 19.7 Å². The Kier molecular flexibility index (Phi) is 5.43. The third kappa shape index (κ3) is 3.59. The van der Waals surface area contributed by atoms with Gasteiger partial charge in [-0.3, -0.25) is 9.69 Å². The van der Waals surface area contributed by atoms with E-state index in [4.69, 9.17) is 4.74 Å². The molecule has 0 spiro atoms. The fourth-order valence-corrected chi connectivity index (χ4v) is 4.45. The molecule has 0 aromatic heterocycles. The lowest BCUT2D eigenvalue weighted by Crippen LogP contribution is -2.44. The van der Waals surface area contributed by atoms with E-state index in [9.17, 15) is 9.90 Å². The number of aliphatic hydroxyl groups is 1. The minimum atomic E-state index is -0.490. The van der Waals surface area contributed by atoms with Crippen LogP contribution in [0.1, 0.15) is 29.6 Å². The third-order valence-corrected chi connectivity index (χ3v) is 5.85. The molecule has 0 radical (unpaired) electrons. The Hall–Kier alpha value is -1.63. The number of rotatable bonds is 3. The second-order valence-electron chi connectivity index (χ2n) is 7.56. The third-order valence-electron chi connectivity index (χ3n) is 5.85. The van der Waals surface area contributed by atoms with Crippen molar-refractivity contribution in [2.75, 3.05) is 57.4 Å². The van der Waals surface area contributed by atoms with Crippen molar-refractivity contribution in [3.63, 3.8) is 0 Å². The molecular formula is C20H29N3O3. The summed E-state index contributed by atoms with van der Waals surface area (Å²) in [5, 5.41) is 10.6.